The summed E-state index contributed by atoms with van der Waals surface area (Å²) in [5.41, 5.74) is 0. The average molecular weight is 217 g/mol. The van der Waals surface area contributed by atoms with E-state index in [4.69, 9.17) is 0 Å². The maximum atomic E-state index is 11.6. The molecule has 0 fully saturated rings. The first-order valence-corrected chi connectivity index (χ1v) is 5.86. The number of carbonyl (C=O) groups excluding carboxylic acids is 1. The zero-order valence-corrected chi connectivity index (χ0v) is 8.95. The Morgan fingerprint density at radius 1 is 1.57 bits per heavy atom. The molecule has 1 unspecified atom stereocenters. The SMILES string of the molecule is CC(C(=O)c1ncnn1C)S(C)(=O)=O. The summed E-state index contributed by atoms with van der Waals surface area (Å²) in [7, 11) is -1.84. The number of aryl methyl sites for hydroxylation is 1. The van der Waals surface area contributed by atoms with Crippen LogP contribution in [0.5, 0.6) is 0 Å². The molecule has 1 aromatic rings. The Kier molecular flexibility index (Phi) is 2.70. The number of sulfone groups is 1. The summed E-state index contributed by atoms with van der Waals surface area (Å²) in [5, 5.41) is 2.61. The largest absolute Gasteiger partial charge is 0.289 e. The molecule has 0 N–H and O–H groups in total. The smallest absolute Gasteiger partial charge is 0.217 e. The molecule has 0 aliphatic rings. The molecule has 6 nitrogen and oxygen atoms in total. The van der Waals surface area contributed by atoms with E-state index in [2.05, 4.69) is 10.1 Å². The lowest BCUT2D eigenvalue weighted by molar-refractivity contribution is 0.0977. The van der Waals surface area contributed by atoms with Crippen molar-refractivity contribution in [1.29, 1.82) is 0 Å². The summed E-state index contributed by atoms with van der Waals surface area (Å²) in [6, 6.07) is 0. The van der Waals surface area contributed by atoms with Crippen LogP contribution in [0.4, 0.5) is 0 Å². The van der Waals surface area contributed by atoms with Crippen molar-refractivity contribution < 1.29 is 13.2 Å². The standard InChI is InChI=1S/C7H11N3O3S/c1-5(14(3,12)13)6(11)7-8-4-9-10(7)2/h4-5H,1-3H3. The molecule has 0 aromatic carbocycles. The van der Waals surface area contributed by atoms with Gasteiger partial charge in [-0.15, -0.1) is 0 Å². The lowest BCUT2D eigenvalue weighted by atomic mass is 10.3. The Hall–Kier alpha value is -1.24. The molecule has 1 heterocycles. The van der Waals surface area contributed by atoms with Crippen molar-refractivity contribution in [2.45, 2.75) is 12.2 Å². The molecule has 78 valence electrons. The summed E-state index contributed by atoms with van der Waals surface area (Å²) in [4.78, 5) is 15.3. The van der Waals surface area contributed by atoms with Crippen molar-refractivity contribution >= 4 is 15.6 Å². The van der Waals surface area contributed by atoms with E-state index in [9.17, 15) is 13.2 Å². The number of Topliss-reactive ketones (excluding diaryl/α,β-unsaturated/α-hetero) is 1. The van der Waals surface area contributed by atoms with Crippen LogP contribution in [0, 0.1) is 0 Å². The van der Waals surface area contributed by atoms with Gasteiger partial charge < -0.3 is 0 Å². The zero-order chi connectivity index (χ0) is 10.9. The number of ketones is 1. The summed E-state index contributed by atoms with van der Waals surface area (Å²) in [6.07, 6.45) is 2.23. The predicted molar refractivity (Wildman–Crippen MR) is 49.6 cm³/mol. The quantitative estimate of drug-likeness (QED) is 0.633. The minimum absolute atomic E-state index is 0.0583. The fraction of sp³-hybridized carbons (Fsp3) is 0.571. The van der Waals surface area contributed by atoms with Crippen molar-refractivity contribution in [1.82, 2.24) is 14.8 Å². The molecule has 0 amide bonds. The molecule has 7 heteroatoms. The molecule has 14 heavy (non-hydrogen) atoms. The Labute approximate surface area is 81.9 Å². The van der Waals surface area contributed by atoms with Gasteiger partial charge in [-0.2, -0.15) is 5.10 Å². The van der Waals surface area contributed by atoms with Gasteiger partial charge in [0.2, 0.25) is 5.78 Å². The number of hydrogen-bond acceptors (Lipinski definition) is 5. The number of hydrogen-bond donors (Lipinski definition) is 0. The number of rotatable bonds is 3. The van der Waals surface area contributed by atoms with Gasteiger partial charge in [-0.25, -0.2) is 18.1 Å². The second kappa shape index (κ2) is 3.49. The van der Waals surface area contributed by atoms with Crippen LogP contribution in [0.2, 0.25) is 0 Å². The molecule has 0 aliphatic heterocycles. The highest BCUT2D eigenvalue weighted by Crippen LogP contribution is 2.05. The van der Waals surface area contributed by atoms with E-state index in [1.165, 1.54) is 25.0 Å². The van der Waals surface area contributed by atoms with Crippen LogP contribution in [0.3, 0.4) is 0 Å². The number of aromatic nitrogens is 3. The van der Waals surface area contributed by atoms with Gasteiger partial charge in [-0.05, 0) is 6.92 Å². The summed E-state index contributed by atoms with van der Waals surface area (Å²) in [6.45, 7) is 1.34. The van der Waals surface area contributed by atoms with Gasteiger partial charge in [0, 0.05) is 13.3 Å². The highest BCUT2D eigenvalue weighted by molar-refractivity contribution is 7.92. The number of nitrogens with zero attached hydrogens (tertiary/aromatic N) is 3. The Balaban J connectivity index is 3.04. The fourth-order valence-corrected chi connectivity index (χ4v) is 1.39. The van der Waals surface area contributed by atoms with Crippen LogP contribution in [-0.4, -0.2) is 40.5 Å². The highest BCUT2D eigenvalue weighted by Gasteiger charge is 2.27. The van der Waals surface area contributed by atoms with Crippen LogP contribution in [0.15, 0.2) is 6.33 Å². The van der Waals surface area contributed by atoms with Gasteiger partial charge in [0.1, 0.15) is 11.6 Å². The maximum absolute atomic E-state index is 11.6. The topological polar surface area (TPSA) is 81.9 Å². The summed E-state index contributed by atoms with van der Waals surface area (Å²) >= 11 is 0. The molecule has 0 radical (unpaired) electrons. The van der Waals surface area contributed by atoms with Gasteiger partial charge in [-0.1, -0.05) is 0 Å². The monoisotopic (exact) mass is 217 g/mol. The van der Waals surface area contributed by atoms with Crippen LogP contribution in [0.1, 0.15) is 17.5 Å². The van der Waals surface area contributed by atoms with Crippen LogP contribution in [-0.2, 0) is 16.9 Å². The molecule has 0 saturated carbocycles. The van der Waals surface area contributed by atoms with E-state index in [-0.39, 0.29) is 5.82 Å². The highest BCUT2D eigenvalue weighted by atomic mass is 32.2. The maximum Gasteiger partial charge on any atom is 0.217 e. The van der Waals surface area contributed by atoms with Crippen molar-refractivity contribution in [3.8, 4) is 0 Å². The van der Waals surface area contributed by atoms with Gasteiger partial charge in [0.25, 0.3) is 0 Å². The van der Waals surface area contributed by atoms with E-state index >= 15 is 0 Å². The molecular weight excluding hydrogens is 206 g/mol. The Morgan fingerprint density at radius 3 is 2.50 bits per heavy atom. The first-order valence-electron chi connectivity index (χ1n) is 3.91. The second-order valence-electron chi connectivity index (χ2n) is 3.04. The van der Waals surface area contributed by atoms with E-state index in [0.717, 1.165) is 6.26 Å². The first-order chi connectivity index (χ1) is 6.34. The van der Waals surface area contributed by atoms with Crippen LogP contribution >= 0.6 is 0 Å². The van der Waals surface area contributed by atoms with Gasteiger partial charge in [-0.3, -0.25) is 4.79 Å². The van der Waals surface area contributed by atoms with Crippen LogP contribution in [0.25, 0.3) is 0 Å². The molecule has 1 aromatic heterocycles. The third-order valence-corrected chi connectivity index (χ3v) is 3.44. The van der Waals surface area contributed by atoms with Crippen molar-refractivity contribution in [2.75, 3.05) is 6.26 Å². The molecule has 0 saturated heterocycles. The Morgan fingerprint density at radius 2 is 2.14 bits per heavy atom. The van der Waals surface area contributed by atoms with E-state index in [1.807, 2.05) is 0 Å². The minimum atomic E-state index is -3.38. The summed E-state index contributed by atoms with van der Waals surface area (Å²) in [5.74, 6) is -0.476. The van der Waals surface area contributed by atoms with Crippen molar-refractivity contribution in [3.05, 3.63) is 12.2 Å². The molecule has 0 bridgehead atoms. The normalized spacial score (nSPS) is 13.9. The van der Waals surface area contributed by atoms with E-state index in [1.54, 1.807) is 0 Å². The van der Waals surface area contributed by atoms with E-state index < -0.39 is 20.9 Å². The Bertz CT molecular complexity index is 449. The minimum Gasteiger partial charge on any atom is -0.289 e. The molecule has 1 atom stereocenters. The van der Waals surface area contributed by atoms with Crippen molar-refractivity contribution in [2.24, 2.45) is 7.05 Å². The lowest BCUT2D eigenvalue weighted by Crippen LogP contribution is -2.28. The fourth-order valence-electron chi connectivity index (χ4n) is 0.896. The van der Waals surface area contributed by atoms with Crippen molar-refractivity contribution in [3.63, 3.8) is 0 Å². The average Bonchev–Trinajstić information content (AvgIpc) is 2.47. The summed E-state index contributed by atoms with van der Waals surface area (Å²) < 4.78 is 23.5. The van der Waals surface area contributed by atoms with Gasteiger partial charge in [0.15, 0.2) is 15.7 Å². The molecule has 0 aliphatic carbocycles. The second-order valence-corrected chi connectivity index (χ2v) is 5.41. The third-order valence-electron chi connectivity index (χ3n) is 1.94. The molecular formula is C7H11N3O3S. The number of carbonyl (C=O) groups is 1. The predicted octanol–water partition coefficient (Wildman–Crippen LogP) is -0.569. The third kappa shape index (κ3) is 1.98. The molecule has 0 spiro atoms. The van der Waals surface area contributed by atoms with Crippen LogP contribution < -0.4 is 0 Å². The van der Waals surface area contributed by atoms with Gasteiger partial charge >= 0.3 is 0 Å². The van der Waals surface area contributed by atoms with Gasteiger partial charge in [0.05, 0.1) is 0 Å². The van der Waals surface area contributed by atoms with E-state index in [0.29, 0.717) is 0 Å². The lowest BCUT2D eigenvalue weighted by Gasteiger charge is -2.06. The molecule has 1 rings (SSSR count). The zero-order valence-electron chi connectivity index (χ0n) is 8.13. The first kappa shape index (κ1) is 10.8.